The van der Waals surface area contributed by atoms with Crippen molar-refractivity contribution in [3.05, 3.63) is 30.0 Å². The summed E-state index contributed by atoms with van der Waals surface area (Å²) in [6.45, 7) is 0. The highest BCUT2D eigenvalue weighted by molar-refractivity contribution is 6.17. The zero-order valence-electron chi connectivity index (χ0n) is 6.24. The molecule has 0 fully saturated rings. The van der Waals surface area contributed by atoms with E-state index in [9.17, 15) is 0 Å². The molecule has 2 aromatic rings. The maximum absolute atomic E-state index is 5.68. The summed E-state index contributed by atoms with van der Waals surface area (Å²) in [5.74, 6) is 0.371. The molecule has 0 amide bonds. The second-order valence-corrected chi connectivity index (χ2v) is 2.65. The van der Waals surface area contributed by atoms with Crippen molar-refractivity contribution >= 4 is 22.5 Å². The molecular formula is C8H6ClN3. The van der Waals surface area contributed by atoms with Crippen molar-refractivity contribution in [3.63, 3.8) is 0 Å². The average molecular weight is 180 g/mol. The van der Waals surface area contributed by atoms with Crippen molar-refractivity contribution < 1.29 is 0 Å². The average Bonchev–Trinajstić information content (AvgIpc) is 2.17. The fraction of sp³-hybridized carbons (Fsp3) is 0.125. The van der Waals surface area contributed by atoms with Crippen LogP contribution in [0.5, 0.6) is 0 Å². The lowest BCUT2D eigenvalue weighted by molar-refractivity contribution is 0.865. The van der Waals surface area contributed by atoms with Crippen LogP contribution in [0.1, 0.15) is 5.69 Å². The number of hydrogen-bond acceptors (Lipinski definition) is 3. The van der Waals surface area contributed by atoms with Crippen molar-refractivity contribution in [1.82, 2.24) is 15.4 Å². The Hall–Kier alpha value is -1.22. The lowest BCUT2D eigenvalue weighted by Gasteiger charge is -1.97. The molecule has 12 heavy (non-hydrogen) atoms. The number of aromatic nitrogens is 3. The summed E-state index contributed by atoms with van der Waals surface area (Å²) in [5, 5.41) is 12.3. The van der Waals surface area contributed by atoms with Gasteiger partial charge in [0.05, 0.1) is 17.1 Å². The first-order valence-corrected chi connectivity index (χ1v) is 4.08. The van der Waals surface area contributed by atoms with E-state index in [1.165, 1.54) is 0 Å². The van der Waals surface area contributed by atoms with Gasteiger partial charge in [0.2, 0.25) is 0 Å². The van der Waals surface area contributed by atoms with E-state index in [2.05, 4.69) is 15.4 Å². The van der Waals surface area contributed by atoms with Gasteiger partial charge in [0.1, 0.15) is 0 Å². The van der Waals surface area contributed by atoms with Gasteiger partial charge in [-0.25, -0.2) is 0 Å². The minimum Gasteiger partial charge on any atom is -0.133 e. The minimum absolute atomic E-state index is 0.371. The highest BCUT2D eigenvalue weighted by Gasteiger charge is 2.00. The number of benzene rings is 1. The van der Waals surface area contributed by atoms with Gasteiger partial charge < -0.3 is 0 Å². The van der Waals surface area contributed by atoms with Crippen molar-refractivity contribution in [2.75, 3.05) is 0 Å². The highest BCUT2D eigenvalue weighted by Crippen LogP contribution is 2.13. The van der Waals surface area contributed by atoms with E-state index >= 15 is 0 Å². The monoisotopic (exact) mass is 179 g/mol. The van der Waals surface area contributed by atoms with Gasteiger partial charge >= 0.3 is 0 Å². The van der Waals surface area contributed by atoms with E-state index in [4.69, 9.17) is 11.6 Å². The molecule has 4 heteroatoms. The summed E-state index contributed by atoms with van der Waals surface area (Å²) >= 11 is 5.68. The van der Waals surface area contributed by atoms with Crippen LogP contribution < -0.4 is 0 Å². The number of alkyl halides is 1. The number of hydrogen-bond donors (Lipinski definition) is 0. The molecule has 1 heterocycles. The molecule has 3 nitrogen and oxygen atoms in total. The Morgan fingerprint density at radius 2 is 2.00 bits per heavy atom. The van der Waals surface area contributed by atoms with Crippen LogP contribution in [-0.4, -0.2) is 15.4 Å². The molecule has 60 valence electrons. The Bertz CT molecular complexity index is 397. The van der Waals surface area contributed by atoms with Gasteiger partial charge in [-0.1, -0.05) is 18.2 Å². The van der Waals surface area contributed by atoms with Crippen molar-refractivity contribution in [2.24, 2.45) is 0 Å². The first-order chi connectivity index (χ1) is 5.92. The second-order valence-electron chi connectivity index (χ2n) is 2.39. The van der Waals surface area contributed by atoms with Gasteiger partial charge in [-0.15, -0.1) is 21.8 Å². The minimum atomic E-state index is 0.371. The molecule has 0 saturated heterocycles. The van der Waals surface area contributed by atoms with Crippen LogP contribution in [0.25, 0.3) is 10.9 Å². The quantitative estimate of drug-likeness (QED) is 0.627. The van der Waals surface area contributed by atoms with Crippen molar-refractivity contribution in [3.8, 4) is 0 Å². The zero-order valence-corrected chi connectivity index (χ0v) is 6.99. The van der Waals surface area contributed by atoms with Gasteiger partial charge in [0, 0.05) is 5.39 Å². The highest BCUT2D eigenvalue weighted by atomic mass is 35.5. The summed E-state index contributed by atoms with van der Waals surface area (Å²) in [6.07, 6.45) is 0. The third-order valence-corrected chi connectivity index (χ3v) is 1.91. The predicted molar refractivity (Wildman–Crippen MR) is 46.9 cm³/mol. The topological polar surface area (TPSA) is 38.7 Å². The molecule has 0 unspecified atom stereocenters. The van der Waals surface area contributed by atoms with Crippen LogP contribution >= 0.6 is 11.6 Å². The van der Waals surface area contributed by atoms with Crippen LogP contribution in [0.15, 0.2) is 24.3 Å². The summed E-state index contributed by atoms with van der Waals surface area (Å²) in [5.41, 5.74) is 1.62. The Labute approximate surface area is 74.4 Å². The molecular weight excluding hydrogens is 174 g/mol. The fourth-order valence-corrected chi connectivity index (χ4v) is 1.28. The Balaban J connectivity index is 2.79. The first-order valence-electron chi connectivity index (χ1n) is 3.55. The zero-order chi connectivity index (χ0) is 8.39. The van der Waals surface area contributed by atoms with E-state index in [1.807, 2.05) is 24.3 Å². The lowest BCUT2D eigenvalue weighted by Crippen LogP contribution is -1.94. The Morgan fingerprint density at radius 1 is 1.17 bits per heavy atom. The summed E-state index contributed by atoms with van der Waals surface area (Å²) in [7, 11) is 0. The molecule has 0 spiro atoms. The second kappa shape index (κ2) is 3.03. The van der Waals surface area contributed by atoms with E-state index in [-0.39, 0.29) is 0 Å². The third kappa shape index (κ3) is 1.12. The van der Waals surface area contributed by atoms with Crippen LogP contribution in [0.2, 0.25) is 0 Å². The molecule has 1 aromatic heterocycles. The lowest BCUT2D eigenvalue weighted by atomic mass is 10.2. The molecule has 0 aliphatic rings. The van der Waals surface area contributed by atoms with Crippen LogP contribution in [0.4, 0.5) is 0 Å². The molecule has 2 rings (SSSR count). The summed E-state index contributed by atoms with van der Waals surface area (Å²) in [6, 6.07) is 7.67. The molecule has 0 aliphatic carbocycles. The number of halogens is 1. The van der Waals surface area contributed by atoms with Gasteiger partial charge in [0.25, 0.3) is 0 Å². The van der Waals surface area contributed by atoms with Gasteiger partial charge in [-0.05, 0) is 11.3 Å². The fourth-order valence-electron chi connectivity index (χ4n) is 1.08. The molecule has 0 saturated carbocycles. The maximum atomic E-state index is 5.68. The molecule has 1 aromatic carbocycles. The van der Waals surface area contributed by atoms with Gasteiger partial charge in [0.15, 0.2) is 0 Å². The molecule has 0 N–H and O–H groups in total. The summed E-state index contributed by atoms with van der Waals surface area (Å²) < 4.78 is 0. The SMILES string of the molecule is ClCc1nnnc2ccccc12. The van der Waals surface area contributed by atoms with E-state index in [0.717, 1.165) is 16.6 Å². The van der Waals surface area contributed by atoms with Crippen molar-refractivity contribution in [1.29, 1.82) is 0 Å². The predicted octanol–water partition coefficient (Wildman–Crippen LogP) is 1.76. The van der Waals surface area contributed by atoms with E-state index in [0.29, 0.717) is 5.88 Å². The molecule has 0 aliphatic heterocycles. The first kappa shape index (κ1) is 7.43. The van der Waals surface area contributed by atoms with E-state index in [1.54, 1.807) is 0 Å². The molecule has 0 radical (unpaired) electrons. The standard InChI is InChI=1S/C8H6ClN3/c9-5-8-6-3-1-2-4-7(6)10-12-11-8/h1-4H,5H2. The van der Waals surface area contributed by atoms with Crippen molar-refractivity contribution in [2.45, 2.75) is 5.88 Å². The van der Waals surface area contributed by atoms with Gasteiger partial charge in [-0.2, -0.15) is 0 Å². The largest absolute Gasteiger partial charge is 0.133 e. The van der Waals surface area contributed by atoms with Crippen LogP contribution in [0, 0.1) is 0 Å². The Kier molecular flexibility index (Phi) is 1.87. The smallest absolute Gasteiger partial charge is 0.0966 e. The van der Waals surface area contributed by atoms with Crippen LogP contribution in [0.3, 0.4) is 0 Å². The number of nitrogens with zero attached hydrogens (tertiary/aromatic N) is 3. The molecule has 0 bridgehead atoms. The van der Waals surface area contributed by atoms with E-state index < -0.39 is 0 Å². The Morgan fingerprint density at radius 3 is 2.83 bits per heavy atom. The maximum Gasteiger partial charge on any atom is 0.0966 e. The summed E-state index contributed by atoms with van der Waals surface area (Å²) in [4.78, 5) is 0. The van der Waals surface area contributed by atoms with Crippen LogP contribution in [-0.2, 0) is 5.88 Å². The number of rotatable bonds is 1. The number of fused-ring (bicyclic) bond motifs is 1. The molecule has 0 atom stereocenters. The normalized spacial score (nSPS) is 10.4. The van der Waals surface area contributed by atoms with Gasteiger partial charge in [-0.3, -0.25) is 0 Å². The third-order valence-electron chi connectivity index (χ3n) is 1.66.